The highest BCUT2D eigenvalue weighted by Gasteiger charge is 2.34. The summed E-state index contributed by atoms with van der Waals surface area (Å²) in [4.78, 5) is 0. The molecule has 2 aromatic carbocycles. The summed E-state index contributed by atoms with van der Waals surface area (Å²) < 4.78 is 6.09. The van der Waals surface area contributed by atoms with Gasteiger partial charge in [0.05, 0.1) is 6.04 Å². The first-order valence-corrected chi connectivity index (χ1v) is 7.51. The van der Waals surface area contributed by atoms with Crippen LogP contribution in [0, 0.1) is 6.92 Å². The fourth-order valence-corrected chi connectivity index (χ4v) is 3.47. The van der Waals surface area contributed by atoms with Gasteiger partial charge in [0.15, 0.2) is 0 Å². The molecule has 2 atom stereocenters. The van der Waals surface area contributed by atoms with Crippen molar-refractivity contribution in [3.05, 3.63) is 71.0 Å². The van der Waals surface area contributed by atoms with Crippen molar-refractivity contribution in [3.8, 4) is 0 Å². The second-order valence-corrected chi connectivity index (χ2v) is 5.97. The van der Waals surface area contributed by atoms with E-state index in [0.29, 0.717) is 5.92 Å². The lowest BCUT2D eigenvalue weighted by Crippen LogP contribution is -2.31. The number of aryl methyl sites for hydroxylation is 1. The molecule has 2 heteroatoms. The topological polar surface area (TPSA) is 25.2 Å². The van der Waals surface area contributed by atoms with Gasteiger partial charge < -0.3 is 9.73 Å². The summed E-state index contributed by atoms with van der Waals surface area (Å²) in [5.74, 6) is 1.55. The molecule has 0 spiro atoms. The minimum absolute atomic E-state index is 0.243. The van der Waals surface area contributed by atoms with Crippen LogP contribution in [0.25, 0.3) is 11.0 Å². The predicted octanol–water partition coefficient (Wildman–Crippen LogP) is 4.34. The normalized spacial score (nSPS) is 18.3. The molecule has 1 N–H and O–H groups in total. The van der Waals surface area contributed by atoms with Gasteiger partial charge in [0.25, 0.3) is 0 Å². The Labute approximate surface area is 124 Å². The van der Waals surface area contributed by atoms with E-state index in [2.05, 4.69) is 60.8 Å². The second-order valence-electron chi connectivity index (χ2n) is 5.97. The van der Waals surface area contributed by atoms with Crippen molar-refractivity contribution in [3.63, 3.8) is 0 Å². The number of fused-ring (bicyclic) bond motifs is 2. The van der Waals surface area contributed by atoms with E-state index in [1.54, 1.807) is 0 Å². The van der Waals surface area contributed by atoms with Crippen molar-refractivity contribution in [1.29, 1.82) is 0 Å². The quantitative estimate of drug-likeness (QED) is 0.770. The van der Waals surface area contributed by atoms with E-state index in [4.69, 9.17) is 4.42 Å². The molecule has 0 radical (unpaired) electrons. The molecule has 1 aromatic heterocycles. The molecule has 2 unspecified atom stereocenters. The Kier molecular flexibility index (Phi) is 2.86. The van der Waals surface area contributed by atoms with Crippen LogP contribution in [-0.2, 0) is 6.42 Å². The third-order valence-electron chi connectivity index (χ3n) is 4.61. The molecule has 1 aliphatic rings. The van der Waals surface area contributed by atoms with Gasteiger partial charge in [-0.3, -0.25) is 0 Å². The number of hydrogen-bond acceptors (Lipinski definition) is 2. The van der Waals surface area contributed by atoms with Crippen LogP contribution in [-0.4, -0.2) is 7.05 Å². The second kappa shape index (κ2) is 4.74. The van der Waals surface area contributed by atoms with Crippen molar-refractivity contribution in [1.82, 2.24) is 5.32 Å². The first kappa shape index (κ1) is 12.7. The molecular weight excluding hydrogens is 258 g/mol. The third-order valence-corrected chi connectivity index (χ3v) is 4.61. The Morgan fingerprint density at radius 2 is 2.00 bits per heavy atom. The maximum absolute atomic E-state index is 6.09. The number of furan rings is 1. The van der Waals surface area contributed by atoms with Crippen LogP contribution in [0.5, 0.6) is 0 Å². The molecular formula is C19H19NO. The van der Waals surface area contributed by atoms with Crippen molar-refractivity contribution in [2.24, 2.45) is 0 Å². The standard InChI is InChI=1S/C19H19NO/c1-12-7-8-17-14(9-12)11-18(21-17)19(20-2)16-10-13-5-3-4-6-15(13)16/h3-9,11,16,19-20H,10H2,1-2H3. The largest absolute Gasteiger partial charge is 0.459 e. The summed E-state index contributed by atoms with van der Waals surface area (Å²) in [6.45, 7) is 2.11. The summed E-state index contributed by atoms with van der Waals surface area (Å²) >= 11 is 0. The Balaban J connectivity index is 1.72. The Morgan fingerprint density at radius 1 is 1.14 bits per heavy atom. The first-order valence-electron chi connectivity index (χ1n) is 7.51. The monoisotopic (exact) mass is 277 g/mol. The molecule has 3 aromatic rings. The zero-order valence-corrected chi connectivity index (χ0v) is 12.4. The van der Waals surface area contributed by atoms with E-state index in [-0.39, 0.29) is 6.04 Å². The molecule has 0 fully saturated rings. The predicted molar refractivity (Wildman–Crippen MR) is 85.6 cm³/mol. The zero-order chi connectivity index (χ0) is 14.4. The molecule has 0 saturated carbocycles. The van der Waals surface area contributed by atoms with Crippen molar-refractivity contribution in [2.45, 2.75) is 25.3 Å². The lowest BCUT2D eigenvalue weighted by molar-refractivity contribution is 0.372. The van der Waals surface area contributed by atoms with Crippen LogP contribution in [0.4, 0.5) is 0 Å². The van der Waals surface area contributed by atoms with E-state index in [0.717, 1.165) is 17.8 Å². The molecule has 0 aliphatic heterocycles. The minimum Gasteiger partial charge on any atom is -0.459 e. The van der Waals surface area contributed by atoms with E-state index in [9.17, 15) is 0 Å². The van der Waals surface area contributed by atoms with Crippen LogP contribution >= 0.6 is 0 Å². The minimum atomic E-state index is 0.243. The smallest absolute Gasteiger partial charge is 0.134 e. The van der Waals surface area contributed by atoms with Gasteiger partial charge in [-0.25, -0.2) is 0 Å². The number of nitrogens with one attached hydrogen (secondary N) is 1. The van der Waals surface area contributed by atoms with Crippen LogP contribution in [0.2, 0.25) is 0 Å². The van der Waals surface area contributed by atoms with Gasteiger partial charge in [-0.2, -0.15) is 0 Å². The summed E-state index contributed by atoms with van der Waals surface area (Å²) in [5, 5.41) is 4.64. The number of hydrogen-bond donors (Lipinski definition) is 1. The highest BCUT2D eigenvalue weighted by Crippen LogP contribution is 2.44. The van der Waals surface area contributed by atoms with Crippen molar-refractivity contribution >= 4 is 11.0 Å². The Hall–Kier alpha value is -2.06. The molecule has 1 aliphatic carbocycles. The van der Waals surface area contributed by atoms with Gasteiger partial charge in [-0.15, -0.1) is 0 Å². The molecule has 4 rings (SSSR count). The first-order chi connectivity index (χ1) is 10.3. The highest BCUT2D eigenvalue weighted by atomic mass is 16.3. The average Bonchev–Trinajstić information content (AvgIpc) is 2.87. The van der Waals surface area contributed by atoms with Crippen LogP contribution in [0.3, 0.4) is 0 Å². The highest BCUT2D eigenvalue weighted by molar-refractivity contribution is 5.78. The maximum Gasteiger partial charge on any atom is 0.134 e. The van der Waals surface area contributed by atoms with Crippen LogP contribution in [0.1, 0.15) is 34.4 Å². The van der Waals surface area contributed by atoms with E-state index in [1.165, 1.54) is 22.1 Å². The number of benzene rings is 2. The summed E-state index contributed by atoms with van der Waals surface area (Å²) in [6.07, 6.45) is 1.12. The average molecular weight is 277 g/mol. The van der Waals surface area contributed by atoms with Gasteiger partial charge in [-0.1, -0.05) is 35.9 Å². The van der Waals surface area contributed by atoms with Crippen molar-refractivity contribution < 1.29 is 4.42 Å². The lowest BCUT2D eigenvalue weighted by Gasteiger charge is -2.35. The molecule has 1 heterocycles. The maximum atomic E-state index is 6.09. The van der Waals surface area contributed by atoms with Crippen LogP contribution < -0.4 is 5.32 Å². The fraction of sp³-hybridized carbons (Fsp3) is 0.263. The van der Waals surface area contributed by atoms with E-state index in [1.807, 2.05) is 7.05 Å². The number of likely N-dealkylation sites (N-methyl/N-ethyl adjacent to an activating group) is 1. The molecule has 0 bridgehead atoms. The molecule has 106 valence electrons. The lowest BCUT2D eigenvalue weighted by atomic mass is 9.73. The van der Waals surface area contributed by atoms with Crippen LogP contribution in [0.15, 0.2) is 52.9 Å². The summed E-state index contributed by atoms with van der Waals surface area (Å²) in [5.41, 5.74) is 5.16. The van der Waals surface area contributed by atoms with Gasteiger partial charge in [0.1, 0.15) is 11.3 Å². The Morgan fingerprint density at radius 3 is 2.81 bits per heavy atom. The zero-order valence-electron chi connectivity index (χ0n) is 12.4. The Bertz CT molecular complexity index is 802. The molecule has 21 heavy (non-hydrogen) atoms. The molecule has 0 saturated heterocycles. The fourth-order valence-electron chi connectivity index (χ4n) is 3.47. The van der Waals surface area contributed by atoms with Gasteiger partial charge in [0, 0.05) is 11.3 Å². The summed E-state index contributed by atoms with van der Waals surface area (Å²) in [6, 6.07) is 17.5. The van der Waals surface area contributed by atoms with Gasteiger partial charge in [0.2, 0.25) is 0 Å². The van der Waals surface area contributed by atoms with E-state index < -0.39 is 0 Å². The summed E-state index contributed by atoms with van der Waals surface area (Å²) in [7, 11) is 2.02. The molecule has 2 nitrogen and oxygen atoms in total. The van der Waals surface area contributed by atoms with Crippen molar-refractivity contribution in [2.75, 3.05) is 7.05 Å². The third kappa shape index (κ3) is 1.98. The van der Waals surface area contributed by atoms with E-state index >= 15 is 0 Å². The molecule has 0 amide bonds. The number of rotatable bonds is 3. The van der Waals surface area contributed by atoms with Gasteiger partial charge in [-0.05, 0) is 49.7 Å². The van der Waals surface area contributed by atoms with Gasteiger partial charge >= 0.3 is 0 Å². The SMILES string of the molecule is CNC(c1cc2cc(C)ccc2o1)C1Cc2ccccc21.